The molecule has 3 heterocycles. The molecular weight excluding hydrogens is 367 g/mol. The Morgan fingerprint density at radius 3 is 2.74 bits per heavy atom. The maximum atomic E-state index is 13.1. The van der Waals surface area contributed by atoms with Crippen molar-refractivity contribution in [2.45, 2.75) is 5.03 Å². The fraction of sp³-hybridized carbons (Fsp3) is 0.0556. The van der Waals surface area contributed by atoms with Gasteiger partial charge in [0, 0.05) is 11.8 Å². The molecule has 0 saturated carbocycles. The van der Waals surface area contributed by atoms with Gasteiger partial charge in [0.1, 0.15) is 10.8 Å². The van der Waals surface area contributed by atoms with Crippen LogP contribution in [0.25, 0.3) is 17.0 Å². The molecule has 1 N–H and O–H groups in total. The van der Waals surface area contributed by atoms with Crippen molar-refractivity contribution in [3.63, 3.8) is 0 Å². The average Bonchev–Trinajstić information content (AvgIpc) is 3.11. The standard InChI is InChI=1S/C18H13FN6OS/c19-13-5-3-12(4-6-13)18-23-22-15-7-8-17(24-25(15)18)27-11-16(26)21-14-2-1-9-20-10-14/h1-10H,11H2,(H,21,26). The van der Waals surface area contributed by atoms with Crippen LogP contribution in [0.4, 0.5) is 10.1 Å². The van der Waals surface area contributed by atoms with E-state index in [4.69, 9.17) is 0 Å². The molecule has 0 fully saturated rings. The molecule has 0 saturated heterocycles. The molecule has 0 radical (unpaired) electrons. The molecule has 0 bridgehead atoms. The summed E-state index contributed by atoms with van der Waals surface area (Å²) < 4.78 is 14.7. The Morgan fingerprint density at radius 2 is 1.96 bits per heavy atom. The van der Waals surface area contributed by atoms with Gasteiger partial charge in [0.2, 0.25) is 5.91 Å². The number of carbonyl (C=O) groups is 1. The fourth-order valence-electron chi connectivity index (χ4n) is 2.40. The molecule has 0 aliphatic carbocycles. The number of hydrogen-bond donors (Lipinski definition) is 1. The largest absolute Gasteiger partial charge is 0.324 e. The lowest BCUT2D eigenvalue weighted by Gasteiger charge is -2.05. The monoisotopic (exact) mass is 380 g/mol. The highest BCUT2D eigenvalue weighted by molar-refractivity contribution is 7.99. The van der Waals surface area contributed by atoms with Gasteiger partial charge in [-0.05, 0) is 48.5 Å². The summed E-state index contributed by atoms with van der Waals surface area (Å²) in [5, 5.41) is 16.1. The van der Waals surface area contributed by atoms with Crippen molar-refractivity contribution in [3.8, 4) is 11.4 Å². The number of halogens is 1. The number of nitrogens with one attached hydrogen (secondary N) is 1. The number of rotatable bonds is 5. The summed E-state index contributed by atoms with van der Waals surface area (Å²) in [4.78, 5) is 16.0. The molecule has 1 amide bonds. The van der Waals surface area contributed by atoms with Gasteiger partial charge in [0.15, 0.2) is 11.5 Å². The van der Waals surface area contributed by atoms with Gasteiger partial charge < -0.3 is 5.32 Å². The zero-order valence-electron chi connectivity index (χ0n) is 13.9. The Balaban J connectivity index is 1.50. The van der Waals surface area contributed by atoms with E-state index in [1.54, 1.807) is 53.3 Å². The van der Waals surface area contributed by atoms with E-state index in [2.05, 4.69) is 25.6 Å². The van der Waals surface area contributed by atoms with E-state index >= 15 is 0 Å². The Kier molecular flexibility index (Phi) is 4.75. The topological polar surface area (TPSA) is 85.1 Å². The molecule has 4 rings (SSSR count). The highest BCUT2D eigenvalue weighted by Gasteiger charge is 2.11. The zero-order valence-corrected chi connectivity index (χ0v) is 14.7. The van der Waals surface area contributed by atoms with Gasteiger partial charge >= 0.3 is 0 Å². The van der Waals surface area contributed by atoms with Crippen LogP contribution in [0.1, 0.15) is 0 Å². The number of anilines is 1. The normalized spacial score (nSPS) is 10.9. The van der Waals surface area contributed by atoms with E-state index in [0.29, 0.717) is 27.7 Å². The Morgan fingerprint density at radius 1 is 1.11 bits per heavy atom. The minimum atomic E-state index is -0.323. The summed E-state index contributed by atoms with van der Waals surface area (Å²) in [5.41, 5.74) is 1.91. The van der Waals surface area contributed by atoms with Crippen LogP contribution in [-0.2, 0) is 4.79 Å². The fourth-order valence-corrected chi connectivity index (χ4v) is 3.06. The van der Waals surface area contributed by atoms with Crippen molar-refractivity contribution in [2.24, 2.45) is 0 Å². The van der Waals surface area contributed by atoms with Crippen molar-refractivity contribution in [2.75, 3.05) is 11.1 Å². The predicted molar refractivity (Wildman–Crippen MR) is 99.8 cm³/mol. The number of fused-ring (bicyclic) bond motifs is 1. The minimum Gasteiger partial charge on any atom is -0.324 e. The third-order valence-corrected chi connectivity index (χ3v) is 4.56. The Bertz CT molecular complexity index is 1080. The highest BCUT2D eigenvalue weighted by atomic mass is 32.2. The van der Waals surface area contributed by atoms with Crippen LogP contribution in [0, 0.1) is 5.82 Å². The third kappa shape index (κ3) is 3.93. The van der Waals surface area contributed by atoms with E-state index in [1.165, 1.54) is 23.9 Å². The first kappa shape index (κ1) is 17.1. The SMILES string of the molecule is O=C(CSc1ccc2nnc(-c3ccc(F)cc3)n2n1)Nc1cccnc1. The van der Waals surface area contributed by atoms with Crippen molar-refractivity contribution in [3.05, 3.63) is 66.7 Å². The van der Waals surface area contributed by atoms with Gasteiger partial charge in [0.05, 0.1) is 17.6 Å². The van der Waals surface area contributed by atoms with Crippen LogP contribution in [0.2, 0.25) is 0 Å². The number of thioether (sulfide) groups is 1. The van der Waals surface area contributed by atoms with E-state index in [-0.39, 0.29) is 17.5 Å². The Labute approximate surface area is 157 Å². The lowest BCUT2D eigenvalue weighted by molar-refractivity contribution is -0.113. The van der Waals surface area contributed by atoms with Gasteiger partial charge in [-0.25, -0.2) is 4.39 Å². The first-order valence-corrected chi connectivity index (χ1v) is 8.99. The van der Waals surface area contributed by atoms with Gasteiger partial charge in [-0.2, -0.15) is 9.61 Å². The molecule has 0 aliphatic heterocycles. The molecule has 0 atom stereocenters. The third-order valence-electron chi connectivity index (χ3n) is 3.64. The van der Waals surface area contributed by atoms with E-state index in [0.717, 1.165) is 0 Å². The number of benzene rings is 1. The summed E-state index contributed by atoms with van der Waals surface area (Å²) >= 11 is 1.29. The lowest BCUT2D eigenvalue weighted by Crippen LogP contribution is -2.14. The molecule has 9 heteroatoms. The molecule has 134 valence electrons. The molecule has 3 aromatic heterocycles. The zero-order chi connectivity index (χ0) is 18.6. The van der Waals surface area contributed by atoms with Crippen LogP contribution in [0.15, 0.2) is 66.0 Å². The summed E-state index contributed by atoms with van der Waals surface area (Å²) in [6.45, 7) is 0. The molecular formula is C18H13FN6OS. The van der Waals surface area contributed by atoms with Crippen LogP contribution in [0.5, 0.6) is 0 Å². The number of carbonyl (C=O) groups excluding carboxylic acids is 1. The van der Waals surface area contributed by atoms with Crippen molar-refractivity contribution in [1.29, 1.82) is 0 Å². The summed E-state index contributed by atoms with van der Waals surface area (Å²) in [6, 6.07) is 13.0. The number of hydrogen-bond acceptors (Lipinski definition) is 6. The second kappa shape index (κ2) is 7.50. The summed E-state index contributed by atoms with van der Waals surface area (Å²) in [5.74, 6) is 0.225. The van der Waals surface area contributed by atoms with Crippen molar-refractivity contribution < 1.29 is 9.18 Å². The van der Waals surface area contributed by atoms with Gasteiger partial charge in [-0.15, -0.1) is 10.2 Å². The number of pyridine rings is 1. The second-order valence-corrected chi connectivity index (χ2v) is 6.55. The molecule has 7 nitrogen and oxygen atoms in total. The molecule has 0 aliphatic rings. The first-order chi connectivity index (χ1) is 13.2. The van der Waals surface area contributed by atoms with Crippen LogP contribution < -0.4 is 5.32 Å². The van der Waals surface area contributed by atoms with E-state index in [1.807, 2.05) is 0 Å². The van der Waals surface area contributed by atoms with Crippen molar-refractivity contribution in [1.82, 2.24) is 24.8 Å². The molecule has 27 heavy (non-hydrogen) atoms. The number of amides is 1. The molecule has 0 unspecified atom stereocenters. The molecule has 0 spiro atoms. The Hall–Kier alpha value is -3.33. The van der Waals surface area contributed by atoms with Gasteiger partial charge in [-0.1, -0.05) is 11.8 Å². The maximum absolute atomic E-state index is 13.1. The number of aromatic nitrogens is 5. The average molecular weight is 380 g/mol. The quantitative estimate of drug-likeness (QED) is 0.536. The van der Waals surface area contributed by atoms with Crippen LogP contribution >= 0.6 is 11.8 Å². The maximum Gasteiger partial charge on any atom is 0.234 e. The molecule has 4 aromatic rings. The second-order valence-electron chi connectivity index (χ2n) is 5.55. The van der Waals surface area contributed by atoms with Gasteiger partial charge in [-0.3, -0.25) is 9.78 Å². The van der Waals surface area contributed by atoms with E-state index < -0.39 is 0 Å². The predicted octanol–water partition coefficient (Wildman–Crippen LogP) is 3.06. The van der Waals surface area contributed by atoms with E-state index in [9.17, 15) is 9.18 Å². The van der Waals surface area contributed by atoms with Crippen molar-refractivity contribution >= 4 is 29.0 Å². The van der Waals surface area contributed by atoms with Crippen LogP contribution in [0.3, 0.4) is 0 Å². The smallest absolute Gasteiger partial charge is 0.234 e. The highest BCUT2D eigenvalue weighted by Crippen LogP contribution is 2.21. The summed E-state index contributed by atoms with van der Waals surface area (Å²) in [6.07, 6.45) is 3.22. The van der Waals surface area contributed by atoms with Crippen LogP contribution in [-0.4, -0.2) is 36.5 Å². The first-order valence-electron chi connectivity index (χ1n) is 8.00. The summed E-state index contributed by atoms with van der Waals surface area (Å²) in [7, 11) is 0. The minimum absolute atomic E-state index is 0.155. The molecule has 1 aromatic carbocycles. The van der Waals surface area contributed by atoms with Gasteiger partial charge in [0.25, 0.3) is 0 Å². The number of nitrogens with zero attached hydrogens (tertiary/aromatic N) is 5. The lowest BCUT2D eigenvalue weighted by atomic mass is 10.2.